The Morgan fingerprint density at radius 1 is 0.750 bits per heavy atom. The van der Waals surface area contributed by atoms with Crippen molar-refractivity contribution in [2.45, 2.75) is 0 Å². The Labute approximate surface area is 128 Å². The van der Waals surface area contributed by atoms with E-state index in [4.69, 9.17) is 32.7 Å². The van der Waals surface area contributed by atoms with E-state index in [0.717, 1.165) is 0 Å². The predicted molar refractivity (Wildman–Crippen MR) is 76.2 cm³/mol. The van der Waals surface area contributed by atoms with E-state index in [1.807, 2.05) is 0 Å². The van der Waals surface area contributed by atoms with Crippen LogP contribution >= 0.6 is 23.2 Å². The normalized spacial score (nSPS) is 19.1. The molecule has 0 bridgehead atoms. The standard InChI is InChI=1S/C12H20Cl2N2O4/c13-9-11(17)15-1-5-19-7-3-16(12(18)10-14)4-8-20-6-2-15/h1-10H2. The summed E-state index contributed by atoms with van der Waals surface area (Å²) in [6, 6.07) is 0. The Morgan fingerprint density at radius 3 is 1.30 bits per heavy atom. The van der Waals surface area contributed by atoms with Gasteiger partial charge in [-0.05, 0) is 0 Å². The van der Waals surface area contributed by atoms with Crippen LogP contribution in [-0.2, 0) is 19.1 Å². The van der Waals surface area contributed by atoms with E-state index in [0.29, 0.717) is 52.6 Å². The van der Waals surface area contributed by atoms with Crippen molar-refractivity contribution in [3.63, 3.8) is 0 Å². The molecule has 116 valence electrons. The molecular weight excluding hydrogens is 307 g/mol. The van der Waals surface area contributed by atoms with Crippen LogP contribution in [0.2, 0.25) is 0 Å². The highest BCUT2D eigenvalue weighted by Gasteiger charge is 2.15. The highest BCUT2D eigenvalue weighted by atomic mass is 35.5. The van der Waals surface area contributed by atoms with E-state index in [9.17, 15) is 9.59 Å². The fourth-order valence-corrected chi connectivity index (χ4v) is 2.13. The molecule has 0 atom stereocenters. The van der Waals surface area contributed by atoms with Crippen molar-refractivity contribution in [1.29, 1.82) is 0 Å². The molecule has 0 saturated carbocycles. The lowest BCUT2D eigenvalue weighted by Crippen LogP contribution is -2.41. The number of carbonyl (C=O) groups is 2. The number of nitrogens with zero attached hydrogens (tertiary/aromatic N) is 2. The molecule has 1 aliphatic heterocycles. The summed E-state index contributed by atoms with van der Waals surface area (Å²) < 4.78 is 10.9. The summed E-state index contributed by atoms with van der Waals surface area (Å²) >= 11 is 11.1. The number of halogens is 2. The zero-order valence-corrected chi connectivity index (χ0v) is 12.9. The SMILES string of the molecule is O=C(CCl)N1CCOCCN(C(=O)CCl)CCOCC1. The number of ether oxygens (including phenoxy) is 2. The topological polar surface area (TPSA) is 59.1 Å². The summed E-state index contributed by atoms with van der Waals surface area (Å²) in [5.41, 5.74) is 0. The third kappa shape index (κ3) is 6.26. The lowest BCUT2D eigenvalue weighted by molar-refractivity contribution is -0.131. The Kier molecular flexibility index (Phi) is 8.93. The number of hydrogen-bond acceptors (Lipinski definition) is 4. The molecule has 2 amide bonds. The highest BCUT2D eigenvalue weighted by Crippen LogP contribution is 1.98. The van der Waals surface area contributed by atoms with Gasteiger partial charge >= 0.3 is 0 Å². The number of alkyl halides is 2. The second kappa shape index (κ2) is 10.2. The summed E-state index contributed by atoms with van der Waals surface area (Å²) in [6.07, 6.45) is 0. The fourth-order valence-electron chi connectivity index (χ4n) is 1.79. The average Bonchev–Trinajstić information content (AvgIpc) is 2.46. The molecule has 1 fully saturated rings. The van der Waals surface area contributed by atoms with E-state index in [1.54, 1.807) is 9.80 Å². The average molecular weight is 327 g/mol. The molecule has 0 aliphatic carbocycles. The van der Waals surface area contributed by atoms with Crippen LogP contribution in [0.3, 0.4) is 0 Å². The number of amides is 2. The molecular formula is C12H20Cl2N2O4. The summed E-state index contributed by atoms with van der Waals surface area (Å²) in [5, 5.41) is 0. The quantitative estimate of drug-likeness (QED) is 0.679. The van der Waals surface area contributed by atoms with Crippen LogP contribution in [0.5, 0.6) is 0 Å². The van der Waals surface area contributed by atoms with Gasteiger partial charge < -0.3 is 19.3 Å². The molecule has 0 N–H and O–H groups in total. The van der Waals surface area contributed by atoms with Crippen LogP contribution in [0.15, 0.2) is 0 Å². The maximum Gasteiger partial charge on any atom is 0.237 e. The molecule has 0 aromatic carbocycles. The van der Waals surface area contributed by atoms with E-state index >= 15 is 0 Å². The molecule has 0 unspecified atom stereocenters. The lowest BCUT2D eigenvalue weighted by atomic mass is 10.4. The first-order valence-electron chi connectivity index (χ1n) is 6.52. The van der Waals surface area contributed by atoms with Crippen LogP contribution in [0.1, 0.15) is 0 Å². The summed E-state index contributed by atoms with van der Waals surface area (Å²) in [7, 11) is 0. The van der Waals surface area contributed by atoms with Crippen molar-refractivity contribution >= 4 is 35.0 Å². The molecule has 1 rings (SSSR count). The van der Waals surface area contributed by atoms with Crippen molar-refractivity contribution < 1.29 is 19.1 Å². The molecule has 0 spiro atoms. The van der Waals surface area contributed by atoms with Crippen LogP contribution in [-0.4, -0.2) is 86.0 Å². The van der Waals surface area contributed by atoms with E-state index < -0.39 is 0 Å². The predicted octanol–water partition coefficient (Wildman–Crippen LogP) is 0.168. The molecule has 0 aromatic heterocycles. The van der Waals surface area contributed by atoms with Gasteiger partial charge in [-0.2, -0.15) is 0 Å². The molecule has 20 heavy (non-hydrogen) atoms. The van der Waals surface area contributed by atoms with Crippen molar-refractivity contribution in [1.82, 2.24) is 9.80 Å². The summed E-state index contributed by atoms with van der Waals surface area (Å²) in [5.74, 6) is -0.347. The van der Waals surface area contributed by atoms with Crippen molar-refractivity contribution in [2.75, 3.05) is 64.4 Å². The molecule has 1 heterocycles. The Morgan fingerprint density at radius 2 is 1.05 bits per heavy atom. The molecule has 6 nitrogen and oxygen atoms in total. The second-order valence-electron chi connectivity index (χ2n) is 4.25. The maximum atomic E-state index is 11.6. The summed E-state index contributed by atoms with van der Waals surface area (Å²) in [4.78, 5) is 26.4. The van der Waals surface area contributed by atoms with Gasteiger partial charge in [-0.25, -0.2) is 0 Å². The van der Waals surface area contributed by atoms with Gasteiger partial charge in [0.05, 0.1) is 26.4 Å². The minimum atomic E-state index is -0.130. The largest absolute Gasteiger partial charge is 0.378 e. The van der Waals surface area contributed by atoms with Gasteiger partial charge in [-0.1, -0.05) is 0 Å². The third-order valence-corrected chi connectivity index (χ3v) is 3.41. The number of hydrogen-bond donors (Lipinski definition) is 0. The third-order valence-electron chi connectivity index (χ3n) is 2.96. The van der Waals surface area contributed by atoms with Gasteiger partial charge in [-0.15, -0.1) is 23.2 Å². The van der Waals surface area contributed by atoms with Gasteiger partial charge in [0.2, 0.25) is 11.8 Å². The monoisotopic (exact) mass is 326 g/mol. The van der Waals surface area contributed by atoms with Crippen LogP contribution in [0.4, 0.5) is 0 Å². The van der Waals surface area contributed by atoms with Crippen LogP contribution in [0.25, 0.3) is 0 Å². The van der Waals surface area contributed by atoms with Gasteiger partial charge in [0.25, 0.3) is 0 Å². The van der Waals surface area contributed by atoms with Gasteiger partial charge in [0.1, 0.15) is 11.8 Å². The maximum absolute atomic E-state index is 11.6. The van der Waals surface area contributed by atoms with Crippen molar-refractivity contribution in [2.24, 2.45) is 0 Å². The number of carbonyl (C=O) groups excluding carboxylic acids is 2. The van der Waals surface area contributed by atoms with E-state index in [-0.39, 0.29) is 23.6 Å². The second-order valence-corrected chi connectivity index (χ2v) is 4.79. The van der Waals surface area contributed by atoms with Gasteiger partial charge in [-0.3, -0.25) is 9.59 Å². The van der Waals surface area contributed by atoms with Gasteiger partial charge in [0, 0.05) is 26.2 Å². The first-order chi connectivity index (χ1) is 9.69. The zero-order chi connectivity index (χ0) is 14.8. The summed E-state index contributed by atoms with van der Waals surface area (Å²) in [6.45, 7) is 3.52. The Hall–Kier alpha value is -0.560. The Balaban J connectivity index is 2.46. The van der Waals surface area contributed by atoms with Crippen LogP contribution < -0.4 is 0 Å². The number of rotatable bonds is 2. The molecule has 1 saturated heterocycles. The highest BCUT2D eigenvalue weighted by molar-refractivity contribution is 6.27. The van der Waals surface area contributed by atoms with Crippen LogP contribution in [0, 0.1) is 0 Å². The molecule has 0 aromatic rings. The first-order valence-corrected chi connectivity index (χ1v) is 7.59. The molecule has 8 heteroatoms. The first kappa shape index (κ1) is 17.5. The molecule has 0 radical (unpaired) electrons. The zero-order valence-electron chi connectivity index (χ0n) is 11.4. The molecule has 1 aliphatic rings. The smallest absolute Gasteiger partial charge is 0.237 e. The Bertz CT molecular complexity index is 276. The van der Waals surface area contributed by atoms with Crippen molar-refractivity contribution in [3.8, 4) is 0 Å². The minimum absolute atomic E-state index is 0.0436. The van der Waals surface area contributed by atoms with E-state index in [2.05, 4.69) is 0 Å². The van der Waals surface area contributed by atoms with E-state index in [1.165, 1.54) is 0 Å². The van der Waals surface area contributed by atoms with Crippen molar-refractivity contribution in [3.05, 3.63) is 0 Å². The van der Waals surface area contributed by atoms with Gasteiger partial charge in [0.15, 0.2) is 0 Å². The lowest BCUT2D eigenvalue weighted by Gasteiger charge is -2.25. The minimum Gasteiger partial charge on any atom is -0.378 e. The fraction of sp³-hybridized carbons (Fsp3) is 0.833.